The lowest BCUT2D eigenvalue weighted by Gasteiger charge is -2.20. The first-order valence-corrected chi connectivity index (χ1v) is 10.0. The number of hydrogen-bond acceptors (Lipinski definition) is 7. The van der Waals surface area contributed by atoms with E-state index in [4.69, 9.17) is 9.47 Å². The zero-order valence-electron chi connectivity index (χ0n) is 14.4. The number of benzene rings is 1. The molecule has 0 bridgehead atoms. The molecular formula is C18H17N3O3S2. The van der Waals surface area contributed by atoms with Gasteiger partial charge in [-0.3, -0.25) is 4.79 Å². The van der Waals surface area contributed by atoms with Crippen molar-refractivity contribution in [1.29, 1.82) is 0 Å². The van der Waals surface area contributed by atoms with Crippen LogP contribution in [0.4, 0.5) is 0 Å². The molecule has 0 saturated carbocycles. The summed E-state index contributed by atoms with van der Waals surface area (Å²) in [5, 5.41) is 7.76. The van der Waals surface area contributed by atoms with Crippen molar-refractivity contribution in [3.05, 3.63) is 46.7 Å². The van der Waals surface area contributed by atoms with Crippen LogP contribution >= 0.6 is 23.1 Å². The third-order valence-corrected chi connectivity index (χ3v) is 6.04. The molecule has 0 spiro atoms. The van der Waals surface area contributed by atoms with Gasteiger partial charge < -0.3 is 14.0 Å². The van der Waals surface area contributed by atoms with Gasteiger partial charge >= 0.3 is 0 Å². The van der Waals surface area contributed by atoms with Crippen molar-refractivity contribution >= 4 is 28.9 Å². The van der Waals surface area contributed by atoms with Crippen LogP contribution in [-0.2, 0) is 0 Å². The first kappa shape index (κ1) is 17.1. The number of fused-ring (bicyclic) bond motifs is 1. The van der Waals surface area contributed by atoms with Crippen molar-refractivity contribution in [2.24, 2.45) is 0 Å². The maximum absolute atomic E-state index is 12.7. The zero-order valence-corrected chi connectivity index (χ0v) is 16.0. The van der Waals surface area contributed by atoms with Crippen LogP contribution in [0.25, 0.3) is 5.69 Å². The van der Waals surface area contributed by atoms with Gasteiger partial charge in [0, 0.05) is 28.7 Å². The van der Waals surface area contributed by atoms with Crippen LogP contribution in [0.3, 0.4) is 0 Å². The second kappa shape index (κ2) is 7.13. The maximum Gasteiger partial charge on any atom is 0.174 e. The number of rotatable bonds is 5. The topological polar surface area (TPSA) is 66.2 Å². The van der Waals surface area contributed by atoms with E-state index in [1.807, 2.05) is 38.1 Å². The maximum atomic E-state index is 12.7. The lowest BCUT2D eigenvalue weighted by molar-refractivity contribution is 0.102. The molecule has 8 heteroatoms. The van der Waals surface area contributed by atoms with Gasteiger partial charge in [-0.1, -0.05) is 23.1 Å². The molecule has 1 aliphatic rings. The number of aromatic nitrogens is 3. The molecule has 2 aromatic heterocycles. The fraction of sp³-hybridized carbons (Fsp3) is 0.278. The molecule has 1 aliphatic heterocycles. The second-order valence-corrected chi connectivity index (χ2v) is 7.92. The molecule has 3 aromatic rings. The van der Waals surface area contributed by atoms with Crippen molar-refractivity contribution in [1.82, 2.24) is 14.8 Å². The molecule has 0 saturated heterocycles. The van der Waals surface area contributed by atoms with Gasteiger partial charge in [-0.15, -0.1) is 10.2 Å². The van der Waals surface area contributed by atoms with Crippen LogP contribution in [0, 0.1) is 13.8 Å². The lowest BCUT2D eigenvalue weighted by atomic mass is 10.2. The fourth-order valence-electron chi connectivity index (χ4n) is 3.04. The standard InChI is InChI=1S/C18H17N3O3S2/c1-11-7-14(15(22)9-25-18-20-19-10-26-18)12(2)21(11)13-3-4-16-17(8-13)24-6-5-23-16/h3-4,7-8,10H,5-6,9H2,1-2H3. The Labute approximate surface area is 159 Å². The Hall–Kier alpha value is -2.32. The Morgan fingerprint density at radius 2 is 2.04 bits per heavy atom. The van der Waals surface area contributed by atoms with Gasteiger partial charge in [-0.05, 0) is 32.0 Å². The monoisotopic (exact) mass is 387 g/mol. The van der Waals surface area contributed by atoms with Gasteiger partial charge in [0.05, 0.1) is 5.75 Å². The molecule has 3 heterocycles. The Bertz CT molecular complexity index is 951. The van der Waals surface area contributed by atoms with Crippen molar-refractivity contribution < 1.29 is 14.3 Å². The van der Waals surface area contributed by atoms with E-state index in [2.05, 4.69) is 14.8 Å². The Balaban J connectivity index is 1.61. The molecular weight excluding hydrogens is 370 g/mol. The van der Waals surface area contributed by atoms with E-state index in [0.29, 0.717) is 19.0 Å². The summed E-state index contributed by atoms with van der Waals surface area (Å²) >= 11 is 2.86. The van der Waals surface area contributed by atoms with Crippen LogP contribution in [0.2, 0.25) is 0 Å². The van der Waals surface area contributed by atoms with Crippen LogP contribution < -0.4 is 9.47 Å². The summed E-state index contributed by atoms with van der Waals surface area (Å²) in [5.74, 6) is 1.93. The minimum absolute atomic E-state index is 0.0853. The number of hydrogen-bond donors (Lipinski definition) is 0. The number of ether oxygens (including phenoxy) is 2. The molecule has 134 valence electrons. The minimum atomic E-state index is 0.0853. The molecule has 0 unspecified atom stereocenters. The molecule has 0 amide bonds. The first-order valence-electron chi connectivity index (χ1n) is 8.14. The number of ketones is 1. The van der Waals surface area contributed by atoms with Crippen LogP contribution in [0.5, 0.6) is 11.5 Å². The van der Waals surface area contributed by atoms with Crippen molar-refractivity contribution in [2.45, 2.75) is 18.2 Å². The van der Waals surface area contributed by atoms with Gasteiger partial charge in [-0.25, -0.2) is 0 Å². The molecule has 6 nitrogen and oxygen atoms in total. The highest BCUT2D eigenvalue weighted by molar-refractivity contribution is 8.01. The first-order chi connectivity index (χ1) is 12.6. The van der Waals surface area contributed by atoms with Gasteiger partial charge in [0.25, 0.3) is 0 Å². The molecule has 0 aliphatic carbocycles. The van der Waals surface area contributed by atoms with E-state index in [1.54, 1.807) is 5.51 Å². The third kappa shape index (κ3) is 3.22. The largest absolute Gasteiger partial charge is 0.486 e. The summed E-state index contributed by atoms with van der Waals surface area (Å²) in [6, 6.07) is 7.79. The van der Waals surface area contributed by atoms with Crippen molar-refractivity contribution in [3.8, 4) is 17.2 Å². The van der Waals surface area contributed by atoms with E-state index < -0.39 is 0 Å². The van der Waals surface area contributed by atoms with Gasteiger partial charge in [-0.2, -0.15) is 0 Å². The highest BCUT2D eigenvalue weighted by Crippen LogP contribution is 2.33. The number of thioether (sulfide) groups is 1. The number of carbonyl (C=O) groups excluding carboxylic acids is 1. The second-order valence-electron chi connectivity index (χ2n) is 5.86. The normalized spacial score (nSPS) is 13.0. The molecule has 26 heavy (non-hydrogen) atoms. The molecule has 0 atom stereocenters. The smallest absolute Gasteiger partial charge is 0.174 e. The van der Waals surface area contributed by atoms with E-state index in [1.165, 1.54) is 23.1 Å². The summed E-state index contributed by atoms with van der Waals surface area (Å²) in [7, 11) is 0. The zero-order chi connectivity index (χ0) is 18.1. The fourth-order valence-corrected chi connectivity index (χ4v) is 4.42. The van der Waals surface area contributed by atoms with Crippen molar-refractivity contribution in [3.63, 3.8) is 0 Å². The number of carbonyl (C=O) groups is 1. The Morgan fingerprint density at radius 3 is 2.81 bits per heavy atom. The van der Waals surface area contributed by atoms with E-state index >= 15 is 0 Å². The average molecular weight is 387 g/mol. The van der Waals surface area contributed by atoms with E-state index in [0.717, 1.165) is 38.5 Å². The summed E-state index contributed by atoms with van der Waals surface area (Å²) in [5.41, 5.74) is 5.28. The highest BCUT2D eigenvalue weighted by Gasteiger charge is 2.19. The third-order valence-electron chi connectivity index (χ3n) is 4.18. The lowest BCUT2D eigenvalue weighted by Crippen LogP contribution is -2.15. The quantitative estimate of drug-likeness (QED) is 0.491. The van der Waals surface area contributed by atoms with Gasteiger partial charge in [0.1, 0.15) is 18.7 Å². The summed E-state index contributed by atoms with van der Waals surface area (Å²) < 4.78 is 14.1. The van der Waals surface area contributed by atoms with Crippen LogP contribution in [0.15, 0.2) is 34.1 Å². The van der Waals surface area contributed by atoms with Crippen LogP contribution in [0.1, 0.15) is 21.7 Å². The van der Waals surface area contributed by atoms with E-state index in [9.17, 15) is 4.79 Å². The minimum Gasteiger partial charge on any atom is -0.486 e. The Kier molecular flexibility index (Phi) is 4.69. The number of Topliss-reactive ketones (excluding diaryl/α,β-unsaturated/α-hetero) is 1. The summed E-state index contributed by atoms with van der Waals surface area (Å²) in [6.07, 6.45) is 0. The highest BCUT2D eigenvalue weighted by atomic mass is 32.2. The van der Waals surface area contributed by atoms with Crippen molar-refractivity contribution in [2.75, 3.05) is 19.0 Å². The predicted molar refractivity (Wildman–Crippen MR) is 101 cm³/mol. The molecule has 0 N–H and O–H groups in total. The van der Waals surface area contributed by atoms with Crippen LogP contribution in [-0.4, -0.2) is 39.5 Å². The van der Waals surface area contributed by atoms with Gasteiger partial charge in [0.2, 0.25) is 0 Å². The SMILES string of the molecule is Cc1cc(C(=O)CSc2nncs2)c(C)n1-c1ccc2c(c1)OCCO2. The summed E-state index contributed by atoms with van der Waals surface area (Å²) in [6.45, 7) is 5.08. The van der Waals surface area contributed by atoms with Gasteiger partial charge in [0.15, 0.2) is 21.6 Å². The Morgan fingerprint density at radius 1 is 1.23 bits per heavy atom. The van der Waals surface area contributed by atoms with E-state index in [-0.39, 0.29) is 5.78 Å². The predicted octanol–water partition coefficient (Wildman–Crippen LogP) is 3.69. The number of nitrogens with zero attached hydrogens (tertiary/aromatic N) is 3. The molecule has 0 fully saturated rings. The average Bonchev–Trinajstić information content (AvgIpc) is 3.27. The molecule has 1 aromatic carbocycles. The molecule has 0 radical (unpaired) electrons. The molecule has 4 rings (SSSR count). The number of aryl methyl sites for hydroxylation is 1. The summed E-state index contributed by atoms with van der Waals surface area (Å²) in [4.78, 5) is 12.7.